The van der Waals surface area contributed by atoms with E-state index in [0.29, 0.717) is 18.5 Å². The van der Waals surface area contributed by atoms with Crippen molar-refractivity contribution in [3.8, 4) is 0 Å². The van der Waals surface area contributed by atoms with Crippen molar-refractivity contribution in [3.63, 3.8) is 0 Å². The van der Waals surface area contributed by atoms with Gasteiger partial charge >= 0.3 is 0 Å². The third kappa shape index (κ3) is 3.30. The van der Waals surface area contributed by atoms with Gasteiger partial charge in [-0.3, -0.25) is 4.79 Å². The van der Waals surface area contributed by atoms with Crippen LogP contribution in [0.4, 0.5) is 0 Å². The minimum absolute atomic E-state index is 0.171. The lowest BCUT2D eigenvalue weighted by Gasteiger charge is -2.33. The van der Waals surface area contributed by atoms with Gasteiger partial charge < -0.3 is 19.4 Å². The predicted octanol–water partition coefficient (Wildman–Crippen LogP) is 2.09. The number of amides is 1. The fourth-order valence-electron chi connectivity index (χ4n) is 3.51. The molecule has 2 fully saturated rings. The standard InChI is InChI=1S/C18H23N3O3/c22-18(16-6-3-11-23-16)21-9-7-13(8-10-21)19-12-17-20-14-4-1-2-5-15(14)24-17/h1-2,4-5,13,16,19H,3,6-12H2/t16-/m1/s1. The monoisotopic (exact) mass is 329 g/mol. The van der Waals surface area contributed by atoms with E-state index >= 15 is 0 Å². The molecule has 1 N–H and O–H groups in total. The summed E-state index contributed by atoms with van der Waals surface area (Å²) >= 11 is 0. The molecule has 1 aromatic carbocycles. The highest BCUT2D eigenvalue weighted by atomic mass is 16.5. The molecule has 0 aliphatic carbocycles. The van der Waals surface area contributed by atoms with Crippen LogP contribution in [0.3, 0.4) is 0 Å². The second-order valence-corrected chi connectivity index (χ2v) is 6.56. The van der Waals surface area contributed by atoms with Crippen LogP contribution in [0.15, 0.2) is 28.7 Å². The summed E-state index contributed by atoms with van der Waals surface area (Å²) in [6.07, 6.45) is 3.58. The second kappa shape index (κ2) is 6.91. The maximum absolute atomic E-state index is 12.3. The maximum atomic E-state index is 12.3. The molecule has 1 aromatic heterocycles. The highest BCUT2D eigenvalue weighted by Gasteiger charge is 2.30. The average Bonchev–Trinajstić information content (AvgIpc) is 3.29. The van der Waals surface area contributed by atoms with E-state index in [-0.39, 0.29) is 12.0 Å². The van der Waals surface area contributed by atoms with Gasteiger partial charge in [-0.25, -0.2) is 4.98 Å². The topological polar surface area (TPSA) is 67.6 Å². The van der Waals surface area contributed by atoms with Gasteiger partial charge in [0.05, 0.1) is 6.54 Å². The van der Waals surface area contributed by atoms with Gasteiger partial charge in [0, 0.05) is 25.7 Å². The summed E-state index contributed by atoms with van der Waals surface area (Å²) in [5.41, 5.74) is 1.72. The van der Waals surface area contributed by atoms with Crippen LogP contribution in [-0.4, -0.2) is 47.6 Å². The molecule has 6 heteroatoms. The van der Waals surface area contributed by atoms with Crippen LogP contribution in [-0.2, 0) is 16.1 Å². The molecule has 3 heterocycles. The van der Waals surface area contributed by atoms with Crippen LogP contribution in [0, 0.1) is 0 Å². The van der Waals surface area contributed by atoms with Gasteiger partial charge in [-0.1, -0.05) is 12.1 Å². The molecule has 2 aromatic rings. The lowest BCUT2D eigenvalue weighted by Crippen LogP contribution is -2.47. The minimum Gasteiger partial charge on any atom is -0.439 e. The zero-order valence-corrected chi connectivity index (χ0v) is 13.7. The summed E-state index contributed by atoms with van der Waals surface area (Å²) in [7, 11) is 0. The van der Waals surface area contributed by atoms with Gasteiger partial charge in [0.1, 0.15) is 11.6 Å². The third-order valence-electron chi connectivity index (χ3n) is 4.89. The molecule has 6 nitrogen and oxygen atoms in total. The quantitative estimate of drug-likeness (QED) is 0.930. The number of benzene rings is 1. The molecule has 1 atom stereocenters. The Morgan fingerprint density at radius 2 is 2.08 bits per heavy atom. The number of carbonyl (C=O) groups is 1. The number of piperidine rings is 1. The van der Waals surface area contributed by atoms with Crippen molar-refractivity contribution in [2.24, 2.45) is 0 Å². The number of nitrogens with zero attached hydrogens (tertiary/aromatic N) is 2. The van der Waals surface area contributed by atoms with Crippen LogP contribution >= 0.6 is 0 Å². The van der Waals surface area contributed by atoms with Gasteiger partial charge in [0.15, 0.2) is 5.58 Å². The Hall–Kier alpha value is -1.92. The van der Waals surface area contributed by atoms with Crippen molar-refractivity contribution in [2.45, 2.75) is 44.4 Å². The van der Waals surface area contributed by atoms with E-state index in [1.165, 1.54) is 0 Å². The van der Waals surface area contributed by atoms with Crippen LogP contribution < -0.4 is 5.32 Å². The number of aromatic nitrogens is 1. The van der Waals surface area contributed by atoms with Crippen LogP contribution in [0.25, 0.3) is 11.1 Å². The van der Waals surface area contributed by atoms with Gasteiger partial charge in [-0.2, -0.15) is 0 Å². The molecule has 128 valence electrons. The molecule has 24 heavy (non-hydrogen) atoms. The molecule has 2 aliphatic rings. The van der Waals surface area contributed by atoms with Gasteiger partial charge in [0.25, 0.3) is 5.91 Å². The number of hydrogen-bond donors (Lipinski definition) is 1. The summed E-state index contributed by atoms with van der Waals surface area (Å²) in [5, 5.41) is 3.50. The molecule has 0 radical (unpaired) electrons. The van der Waals surface area contributed by atoms with Crippen molar-refractivity contribution >= 4 is 17.0 Å². The van der Waals surface area contributed by atoms with Gasteiger partial charge in [-0.15, -0.1) is 0 Å². The van der Waals surface area contributed by atoms with E-state index in [1.54, 1.807) is 0 Å². The molecule has 0 unspecified atom stereocenters. The van der Waals surface area contributed by atoms with Gasteiger partial charge in [-0.05, 0) is 37.8 Å². The first kappa shape index (κ1) is 15.6. The molecule has 2 aliphatic heterocycles. The van der Waals surface area contributed by atoms with Crippen molar-refractivity contribution < 1.29 is 13.9 Å². The molecule has 0 saturated carbocycles. The Balaban J connectivity index is 1.26. The van der Waals surface area contributed by atoms with Crippen molar-refractivity contribution in [3.05, 3.63) is 30.2 Å². The first-order valence-corrected chi connectivity index (χ1v) is 8.78. The normalized spacial score (nSPS) is 22.3. The number of hydrogen-bond acceptors (Lipinski definition) is 5. The van der Waals surface area contributed by atoms with E-state index in [0.717, 1.165) is 56.5 Å². The van der Waals surface area contributed by atoms with E-state index in [4.69, 9.17) is 9.15 Å². The minimum atomic E-state index is -0.200. The third-order valence-corrected chi connectivity index (χ3v) is 4.89. The molecule has 0 spiro atoms. The Kier molecular flexibility index (Phi) is 4.49. The zero-order chi connectivity index (χ0) is 16.4. The number of carbonyl (C=O) groups excluding carboxylic acids is 1. The van der Waals surface area contributed by atoms with Crippen molar-refractivity contribution in [1.29, 1.82) is 0 Å². The highest BCUT2D eigenvalue weighted by molar-refractivity contribution is 5.81. The molecule has 1 amide bonds. The maximum Gasteiger partial charge on any atom is 0.251 e. The lowest BCUT2D eigenvalue weighted by molar-refractivity contribution is -0.142. The molecule has 0 bridgehead atoms. The Bertz CT molecular complexity index is 667. The second-order valence-electron chi connectivity index (χ2n) is 6.56. The van der Waals surface area contributed by atoms with E-state index in [2.05, 4.69) is 10.3 Å². The van der Waals surface area contributed by atoms with E-state index in [1.807, 2.05) is 29.2 Å². The Labute approximate surface area is 141 Å². The van der Waals surface area contributed by atoms with Gasteiger partial charge in [0.2, 0.25) is 5.89 Å². The number of fused-ring (bicyclic) bond motifs is 1. The van der Waals surface area contributed by atoms with Crippen molar-refractivity contribution in [1.82, 2.24) is 15.2 Å². The summed E-state index contributed by atoms with van der Waals surface area (Å²) in [4.78, 5) is 18.8. The number of rotatable bonds is 4. The van der Waals surface area contributed by atoms with Crippen LogP contribution in [0.5, 0.6) is 0 Å². The van der Waals surface area contributed by atoms with Crippen molar-refractivity contribution in [2.75, 3.05) is 19.7 Å². The van der Waals surface area contributed by atoms with Crippen LogP contribution in [0.2, 0.25) is 0 Å². The smallest absolute Gasteiger partial charge is 0.251 e. The summed E-state index contributed by atoms with van der Waals surface area (Å²) < 4.78 is 11.2. The number of para-hydroxylation sites is 2. The van der Waals surface area contributed by atoms with E-state index in [9.17, 15) is 4.79 Å². The lowest BCUT2D eigenvalue weighted by atomic mass is 10.0. The summed E-state index contributed by atoms with van der Waals surface area (Å²) in [6.45, 7) is 2.94. The largest absolute Gasteiger partial charge is 0.439 e. The average molecular weight is 329 g/mol. The fraction of sp³-hybridized carbons (Fsp3) is 0.556. The summed E-state index contributed by atoms with van der Waals surface area (Å²) in [6, 6.07) is 8.20. The van der Waals surface area contributed by atoms with Crippen LogP contribution in [0.1, 0.15) is 31.6 Å². The summed E-state index contributed by atoms with van der Waals surface area (Å²) in [5.74, 6) is 0.888. The SMILES string of the molecule is O=C([C@H]1CCCO1)N1CCC(NCc2nc3ccccc3o2)CC1. The molecular formula is C18H23N3O3. The first-order chi connectivity index (χ1) is 11.8. The number of nitrogens with one attached hydrogen (secondary N) is 1. The predicted molar refractivity (Wildman–Crippen MR) is 89.4 cm³/mol. The number of ether oxygens (including phenoxy) is 1. The van der Waals surface area contributed by atoms with E-state index < -0.39 is 0 Å². The zero-order valence-electron chi connectivity index (χ0n) is 13.7. The molecule has 2 saturated heterocycles. The highest BCUT2D eigenvalue weighted by Crippen LogP contribution is 2.19. The molecular weight excluding hydrogens is 306 g/mol. The number of likely N-dealkylation sites (tertiary alicyclic amines) is 1. The Morgan fingerprint density at radius 3 is 2.83 bits per heavy atom. The first-order valence-electron chi connectivity index (χ1n) is 8.78. The molecule has 4 rings (SSSR count). The Morgan fingerprint density at radius 1 is 1.25 bits per heavy atom. The number of oxazole rings is 1. The fourth-order valence-corrected chi connectivity index (χ4v) is 3.51.